The molecule has 2 heteroatoms. The zero-order chi connectivity index (χ0) is 22.8. The van der Waals surface area contributed by atoms with Gasteiger partial charge in [-0.25, -0.2) is 4.79 Å². The van der Waals surface area contributed by atoms with E-state index < -0.39 is 5.97 Å². The third-order valence-corrected chi connectivity index (χ3v) is 5.74. The molecule has 3 aromatic carbocycles. The van der Waals surface area contributed by atoms with Crippen molar-refractivity contribution in [3.63, 3.8) is 0 Å². The number of unbranched alkanes of at least 4 members (excludes halogenated alkanes) is 5. The van der Waals surface area contributed by atoms with Crippen LogP contribution in [0.25, 0.3) is 22.3 Å². The van der Waals surface area contributed by atoms with Crippen LogP contribution in [0.2, 0.25) is 0 Å². The molecule has 0 aliphatic rings. The van der Waals surface area contributed by atoms with Crippen molar-refractivity contribution in [2.75, 3.05) is 0 Å². The quantitative estimate of drug-likeness (QED) is 0.133. The van der Waals surface area contributed by atoms with E-state index in [-0.39, 0.29) is 0 Å². The van der Waals surface area contributed by atoms with Crippen molar-refractivity contribution >= 4 is 5.97 Å². The minimum Gasteiger partial charge on any atom is -0.423 e. The predicted molar refractivity (Wildman–Crippen MR) is 135 cm³/mol. The van der Waals surface area contributed by atoms with Gasteiger partial charge in [0.2, 0.25) is 0 Å². The number of rotatable bonds is 11. The van der Waals surface area contributed by atoms with Crippen LogP contribution in [0.15, 0.2) is 84.9 Å². The van der Waals surface area contributed by atoms with Crippen molar-refractivity contribution in [1.82, 2.24) is 0 Å². The summed E-state index contributed by atoms with van der Waals surface area (Å²) in [6.07, 6.45) is 9.19. The van der Waals surface area contributed by atoms with Crippen LogP contribution in [0.4, 0.5) is 0 Å². The lowest BCUT2D eigenvalue weighted by Gasteiger charge is -2.08. The Morgan fingerprint density at radius 1 is 0.688 bits per heavy atom. The fourth-order valence-electron chi connectivity index (χ4n) is 3.74. The van der Waals surface area contributed by atoms with Gasteiger partial charge in [-0.2, -0.15) is 0 Å². The highest BCUT2D eigenvalue weighted by atomic mass is 16.5. The number of carbonyl (C=O) groups excluding carboxylic acids is 1. The average Bonchev–Trinajstić information content (AvgIpc) is 2.82. The lowest BCUT2D eigenvalue weighted by molar-refractivity contribution is -0.130. The van der Waals surface area contributed by atoms with Gasteiger partial charge < -0.3 is 4.74 Å². The zero-order valence-corrected chi connectivity index (χ0v) is 19.4. The molecule has 0 fully saturated rings. The summed E-state index contributed by atoms with van der Waals surface area (Å²) in [5, 5.41) is 0. The van der Waals surface area contributed by atoms with E-state index in [4.69, 9.17) is 4.74 Å². The van der Waals surface area contributed by atoms with Gasteiger partial charge in [0.15, 0.2) is 0 Å². The third-order valence-electron chi connectivity index (χ3n) is 5.74. The van der Waals surface area contributed by atoms with Gasteiger partial charge in [-0.05, 0) is 59.7 Å². The summed E-state index contributed by atoms with van der Waals surface area (Å²) in [7, 11) is 0. The van der Waals surface area contributed by atoms with E-state index >= 15 is 0 Å². The number of aryl methyl sites for hydroxylation is 1. The molecule has 166 valence electrons. The summed E-state index contributed by atoms with van der Waals surface area (Å²) in [5.41, 5.74) is 6.48. The Kier molecular flexibility index (Phi) is 8.86. The maximum Gasteiger partial charge on any atom is 0.338 e. The zero-order valence-electron chi connectivity index (χ0n) is 19.4. The van der Waals surface area contributed by atoms with Gasteiger partial charge in [0.05, 0.1) is 0 Å². The highest BCUT2D eigenvalue weighted by molar-refractivity contribution is 5.88. The highest BCUT2D eigenvalue weighted by Gasteiger charge is 2.06. The highest BCUT2D eigenvalue weighted by Crippen LogP contribution is 2.27. The molecule has 0 saturated heterocycles. The van der Waals surface area contributed by atoms with Crippen molar-refractivity contribution in [3.8, 4) is 28.0 Å². The van der Waals surface area contributed by atoms with Gasteiger partial charge in [-0.1, -0.05) is 106 Å². The summed E-state index contributed by atoms with van der Waals surface area (Å²) in [6.45, 7) is 7.51. The van der Waals surface area contributed by atoms with E-state index in [0.29, 0.717) is 11.3 Å². The molecular formula is C30H34O2. The number of hydrogen-bond acceptors (Lipinski definition) is 2. The number of carbonyl (C=O) groups is 1. The largest absolute Gasteiger partial charge is 0.423 e. The van der Waals surface area contributed by atoms with E-state index in [9.17, 15) is 4.79 Å². The molecule has 0 spiro atoms. The van der Waals surface area contributed by atoms with Crippen LogP contribution < -0.4 is 4.74 Å². The van der Waals surface area contributed by atoms with Crippen molar-refractivity contribution in [3.05, 3.63) is 90.5 Å². The lowest BCUT2D eigenvalue weighted by Crippen LogP contribution is -2.07. The molecule has 3 aromatic rings. The second-order valence-electron chi connectivity index (χ2n) is 8.49. The molecule has 0 aliphatic carbocycles. The molecule has 0 saturated carbocycles. The van der Waals surface area contributed by atoms with Crippen LogP contribution in [0, 0.1) is 0 Å². The second-order valence-corrected chi connectivity index (χ2v) is 8.49. The molecule has 0 aliphatic heterocycles. The number of esters is 1. The molecule has 0 aromatic heterocycles. The maximum absolute atomic E-state index is 11.6. The van der Waals surface area contributed by atoms with E-state index in [2.05, 4.69) is 62.0 Å². The first-order valence-corrected chi connectivity index (χ1v) is 11.7. The molecule has 0 bridgehead atoms. The summed E-state index contributed by atoms with van der Waals surface area (Å²) in [4.78, 5) is 11.6. The minimum absolute atomic E-state index is 0.389. The van der Waals surface area contributed by atoms with Crippen LogP contribution in [-0.4, -0.2) is 5.97 Å². The number of benzene rings is 3. The van der Waals surface area contributed by atoms with Crippen LogP contribution in [0.3, 0.4) is 0 Å². The molecule has 2 nitrogen and oxygen atoms in total. The molecular weight excluding hydrogens is 392 g/mol. The molecule has 0 heterocycles. The molecule has 3 rings (SSSR count). The van der Waals surface area contributed by atoms with Crippen LogP contribution in [-0.2, 0) is 11.2 Å². The Balaban J connectivity index is 1.56. The van der Waals surface area contributed by atoms with E-state index in [1.165, 1.54) is 61.6 Å². The van der Waals surface area contributed by atoms with E-state index in [0.717, 1.165) is 11.1 Å². The Labute approximate surface area is 193 Å². The first-order valence-electron chi connectivity index (χ1n) is 11.7. The summed E-state index contributed by atoms with van der Waals surface area (Å²) in [5.74, 6) is 0.125. The summed E-state index contributed by atoms with van der Waals surface area (Å²) in [6, 6.07) is 25.1. The van der Waals surface area contributed by atoms with Crippen molar-refractivity contribution < 1.29 is 9.53 Å². The SMILES string of the molecule is C=C(C)C(=O)Oc1ccc(-c2ccc(-c3ccc(CCCCCCCC)cc3)cc2)cc1. The van der Waals surface area contributed by atoms with Gasteiger partial charge in [0.25, 0.3) is 0 Å². The smallest absolute Gasteiger partial charge is 0.338 e. The van der Waals surface area contributed by atoms with E-state index in [1.807, 2.05) is 24.3 Å². The molecule has 0 radical (unpaired) electrons. The maximum atomic E-state index is 11.6. The van der Waals surface area contributed by atoms with Gasteiger partial charge in [-0.3, -0.25) is 0 Å². The lowest BCUT2D eigenvalue weighted by atomic mass is 9.98. The number of ether oxygens (including phenoxy) is 1. The fourth-order valence-corrected chi connectivity index (χ4v) is 3.74. The van der Waals surface area contributed by atoms with Crippen molar-refractivity contribution in [2.45, 2.75) is 58.8 Å². The molecule has 0 unspecified atom stereocenters. The van der Waals surface area contributed by atoms with Gasteiger partial charge in [0.1, 0.15) is 5.75 Å². The third kappa shape index (κ3) is 6.95. The number of hydrogen-bond donors (Lipinski definition) is 0. The second kappa shape index (κ2) is 12.0. The standard InChI is InChI=1S/C30H34O2/c1-4-5-6-7-8-9-10-24-11-13-25(14-12-24)26-15-17-27(18-16-26)28-19-21-29(22-20-28)32-30(31)23(2)3/h11-22H,2,4-10H2,1,3H3. The Bertz CT molecular complexity index is 996. The predicted octanol–water partition coefficient (Wildman–Crippen LogP) is 8.41. The van der Waals surface area contributed by atoms with Crippen molar-refractivity contribution in [2.24, 2.45) is 0 Å². The molecule has 0 amide bonds. The molecule has 0 N–H and O–H groups in total. The van der Waals surface area contributed by atoms with E-state index in [1.54, 1.807) is 6.92 Å². The topological polar surface area (TPSA) is 26.3 Å². The summed E-state index contributed by atoms with van der Waals surface area (Å²) < 4.78 is 5.26. The molecule has 32 heavy (non-hydrogen) atoms. The summed E-state index contributed by atoms with van der Waals surface area (Å²) >= 11 is 0. The van der Waals surface area contributed by atoms with Crippen LogP contribution in [0.5, 0.6) is 5.75 Å². The Morgan fingerprint density at radius 3 is 1.62 bits per heavy atom. The Hall–Kier alpha value is -3.13. The van der Waals surface area contributed by atoms with Crippen molar-refractivity contribution in [1.29, 1.82) is 0 Å². The average molecular weight is 427 g/mol. The first-order chi connectivity index (χ1) is 15.6. The van der Waals surface area contributed by atoms with Crippen LogP contribution in [0.1, 0.15) is 57.9 Å². The fraction of sp³-hybridized carbons (Fsp3) is 0.300. The van der Waals surface area contributed by atoms with Crippen LogP contribution >= 0.6 is 0 Å². The Morgan fingerprint density at radius 2 is 1.12 bits per heavy atom. The minimum atomic E-state index is -0.403. The monoisotopic (exact) mass is 426 g/mol. The normalized spacial score (nSPS) is 10.7. The molecule has 0 atom stereocenters. The first kappa shape index (κ1) is 23.5. The van der Waals surface area contributed by atoms with Gasteiger partial charge >= 0.3 is 5.97 Å². The van der Waals surface area contributed by atoms with Gasteiger partial charge in [0, 0.05) is 5.57 Å². The van der Waals surface area contributed by atoms with Gasteiger partial charge in [-0.15, -0.1) is 0 Å².